The summed E-state index contributed by atoms with van der Waals surface area (Å²) in [6.45, 7) is 7.15. The molecular weight excluding hydrogens is 344 g/mol. The standard InChI is InChI=1S/C18H26N2O4.ClH/c1-3-19(4-2)13-14-24-17(21)18(11-5-6-12-18)15-7-9-16(10-8-15)20(22)23;/h7-10H,3-6,11-14H2,1-2H3;1H. The number of nitro benzene ring substituents is 1. The van der Waals surface area contributed by atoms with E-state index in [1.807, 2.05) is 0 Å². The van der Waals surface area contributed by atoms with Gasteiger partial charge in [0, 0.05) is 18.7 Å². The lowest BCUT2D eigenvalue weighted by Gasteiger charge is -2.28. The van der Waals surface area contributed by atoms with E-state index in [0.717, 1.165) is 50.9 Å². The predicted octanol–water partition coefficient (Wildman–Crippen LogP) is 3.71. The van der Waals surface area contributed by atoms with Crippen molar-refractivity contribution in [3.05, 3.63) is 39.9 Å². The third kappa shape index (κ3) is 4.92. The van der Waals surface area contributed by atoms with Crippen LogP contribution in [-0.2, 0) is 14.9 Å². The Bertz CT molecular complexity index is 567. The first kappa shape index (κ1) is 21.4. The molecular formula is C18H27ClN2O4. The lowest BCUT2D eigenvalue weighted by atomic mass is 9.79. The van der Waals surface area contributed by atoms with Crippen molar-refractivity contribution >= 4 is 24.1 Å². The number of benzene rings is 1. The van der Waals surface area contributed by atoms with Crippen LogP contribution in [0, 0.1) is 10.1 Å². The fourth-order valence-electron chi connectivity index (χ4n) is 3.44. The normalized spacial score (nSPS) is 15.6. The van der Waals surface area contributed by atoms with E-state index in [-0.39, 0.29) is 24.1 Å². The molecule has 1 saturated carbocycles. The summed E-state index contributed by atoms with van der Waals surface area (Å²) in [6, 6.07) is 6.35. The van der Waals surface area contributed by atoms with Crippen molar-refractivity contribution in [3.63, 3.8) is 0 Å². The van der Waals surface area contributed by atoms with Crippen LogP contribution in [0.15, 0.2) is 24.3 Å². The molecule has 0 aliphatic heterocycles. The zero-order valence-corrected chi connectivity index (χ0v) is 15.7. The van der Waals surface area contributed by atoms with Crippen LogP contribution >= 0.6 is 12.4 Å². The molecule has 6 nitrogen and oxygen atoms in total. The number of nitro groups is 1. The zero-order chi connectivity index (χ0) is 17.6. The van der Waals surface area contributed by atoms with E-state index in [1.165, 1.54) is 12.1 Å². The number of hydrogen-bond donors (Lipinski definition) is 0. The Balaban J connectivity index is 0.00000312. The van der Waals surface area contributed by atoms with Gasteiger partial charge in [0.2, 0.25) is 0 Å². The highest BCUT2D eigenvalue weighted by Gasteiger charge is 2.44. The highest BCUT2D eigenvalue weighted by Crippen LogP contribution is 2.42. The summed E-state index contributed by atoms with van der Waals surface area (Å²) in [5.41, 5.74) is 0.235. The van der Waals surface area contributed by atoms with Gasteiger partial charge in [-0.15, -0.1) is 12.4 Å². The van der Waals surface area contributed by atoms with Crippen LogP contribution in [0.25, 0.3) is 0 Å². The van der Waals surface area contributed by atoms with Crippen LogP contribution in [0.1, 0.15) is 45.1 Å². The van der Waals surface area contributed by atoms with Crippen LogP contribution < -0.4 is 0 Å². The summed E-state index contributed by atoms with van der Waals surface area (Å²) in [5, 5.41) is 10.8. The Morgan fingerprint density at radius 1 is 1.20 bits per heavy atom. The molecule has 0 radical (unpaired) electrons. The number of carbonyl (C=O) groups is 1. The van der Waals surface area contributed by atoms with Crippen LogP contribution in [0.3, 0.4) is 0 Å². The van der Waals surface area contributed by atoms with Gasteiger partial charge < -0.3 is 9.64 Å². The van der Waals surface area contributed by atoms with E-state index in [2.05, 4.69) is 18.7 Å². The van der Waals surface area contributed by atoms with Gasteiger partial charge >= 0.3 is 5.97 Å². The van der Waals surface area contributed by atoms with E-state index in [0.29, 0.717) is 6.61 Å². The van der Waals surface area contributed by atoms with Gasteiger partial charge in [0.05, 0.1) is 10.3 Å². The lowest BCUT2D eigenvalue weighted by Crippen LogP contribution is -2.37. The Hall–Kier alpha value is -1.66. The molecule has 0 bridgehead atoms. The van der Waals surface area contributed by atoms with Gasteiger partial charge in [-0.25, -0.2) is 0 Å². The van der Waals surface area contributed by atoms with Crippen molar-refractivity contribution < 1.29 is 14.5 Å². The highest BCUT2D eigenvalue weighted by molar-refractivity contribution is 5.85. The summed E-state index contributed by atoms with van der Waals surface area (Å²) < 4.78 is 5.58. The minimum absolute atomic E-state index is 0. The van der Waals surface area contributed by atoms with Crippen LogP contribution in [0.4, 0.5) is 5.69 Å². The topological polar surface area (TPSA) is 72.7 Å². The van der Waals surface area contributed by atoms with Gasteiger partial charge in [-0.1, -0.05) is 38.8 Å². The van der Waals surface area contributed by atoms with Crippen molar-refractivity contribution in [2.24, 2.45) is 0 Å². The molecule has 0 heterocycles. The largest absolute Gasteiger partial charge is 0.464 e. The van der Waals surface area contributed by atoms with Crippen molar-refractivity contribution in [1.29, 1.82) is 0 Å². The monoisotopic (exact) mass is 370 g/mol. The number of non-ortho nitro benzene ring substituents is 1. The second kappa shape index (κ2) is 9.73. The Labute approximate surface area is 155 Å². The second-order valence-corrected chi connectivity index (χ2v) is 6.26. The molecule has 0 atom stereocenters. The molecule has 25 heavy (non-hydrogen) atoms. The molecule has 1 fully saturated rings. The number of nitrogens with zero attached hydrogens (tertiary/aromatic N) is 2. The first-order valence-electron chi connectivity index (χ1n) is 8.68. The van der Waals surface area contributed by atoms with E-state index in [1.54, 1.807) is 12.1 Å². The molecule has 1 aromatic carbocycles. The molecule has 1 aromatic rings. The number of esters is 1. The number of halogens is 1. The minimum atomic E-state index is -0.640. The van der Waals surface area contributed by atoms with Crippen molar-refractivity contribution in [2.75, 3.05) is 26.2 Å². The van der Waals surface area contributed by atoms with Gasteiger partial charge in [-0.2, -0.15) is 0 Å². The maximum Gasteiger partial charge on any atom is 0.316 e. The lowest BCUT2D eigenvalue weighted by molar-refractivity contribution is -0.384. The second-order valence-electron chi connectivity index (χ2n) is 6.26. The van der Waals surface area contributed by atoms with Crippen LogP contribution in [0.5, 0.6) is 0 Å². The maximum absolute atomic E-state index is 12.8. The van der Waals surface area contributed by atoms with Gasteiger partial charge in [0.25, 0.3) is 5.69 Å². The molecule has 7 heteroatoms. The number of ether oxygens (including phenoxy) is 1. The molecule has 0 saturated heterocycles. The quantitative estimate of drug-likeness (QED) is 0.396. The summed E-state index contributed by atoms with van der Waals surface area (Å²) in [6.07, 6.45) is 3.44. The van der Waals surface area contributed by atoms with Gasteiger partial charge in [0.15, 0.2) is 0 Å². The van der Waals surface area contributed by atoms with Gasteiger partial charge in [0.1, 0.15) is 6.61 Å². The highest BCUT2D eigenvalue weighted by atomic mass is 35.5. The third-order valence-corrected chi connectivity index (χ3v) is 5.01. The molecule has 1 aliphatic rings. The maximum atomic E-state index is 12.8. The van der Waals surface area contributed by atoms with Crippen molar-refractivity contribution in [1.82, 2.24) is 4.90 Å². The summed E-state index contributed by atoms with van der Waals surface area (Å²) >= 11 is 0. The fourth-order valence-corrected chi connectivity index (χ4v) is 3.44. The summed E-state index contributed by atoms with van der Waals surface area (Å²) in [5.74, 6) is -0.194. The number of carbonyl (C=O) groups excluding carboxylic acids is 1. The minimum Gasteiger partial charge on any atom is -0.464 e. The van der Waals surface area contributed by atoms with E-state index < -0.39 is 10.3 Å². The number of hydrogen-bond acceptors (Lipinski definition) is 5. The van der Waals surface area contributed by atoms with Gasteiger partial charge in [-0.05, 0) is 31.5 Å². The molecule has 0 N–H and O–H groups in total. The smallest absolute Gasteiger partial charge is 0.316 e. The molecule has 0 amide bonds. The zero-order valence-electron chi connectivity index (χ0n) is 14.9. The molecule has 0 unspecified atom stereocenters. The molecule has 0 spiro atoms. The summed E-state index contributed by atoms with van der Waals surface area (Å²) in [7, 11) is 0. The van der Waals surface area contributed by atoms with Crippen molar-refractivity contribution in [3.8, 4) is 0 Å². The van der Waals surface area contributed by atoms with Crippen LogP contribution in [0.2, 0.25) is 0 Å². The Morgan fingerprint density at radius 3 is 2.24 bits per heavy atom. The van der Waals surface area contributed by atoms with Gasteiger partial charge in [-0.3, -0.25) is 14.9 Å². The average Bonchev–Trinajstić information content (AvgIpc) is 3.09. The Morgan fingerprint density at radius 2 is 1.76 bits per heavy atom. The average molecular weight is 371 g/mol. The Kier molecular flexibility index (Phi) is 8.32. The predicted molar refractivity (Wildman–Crippen MR) is 99.2 cm³/mol. The van der Waals surface area contributed by atoms with E-state index in [4.69, 9.17) is 4.74 Å². The first-order chi connectivity index (χ1) is 11.5. The number of rotatable bonds is 8. The molecule has 140 valence electrons. The molecule has 2 rings (SSSR count). The van der Waals surface area contributed by atoms with E-state index in [9.17, 15) is 14.9 Å². The number of likely N-dealkylation sites (N-methyl/N-ethyl adjacent to an activating group) is 1. The van der Waals surface area contributed by atoms with E-state index >= 15 is 0 Å². The SMILES string of the molecule is CCN(CC)CCOC(=O)C1(c2ccc([N+](=O)[O-])cc2)CCCC1.Cl. The molecule has 0 aromatic heterocycles. The molecule has 1 aliphatic carbocycles. The third-order valence-electron chi connectivity index (χ3n) is 5.01. The first-order valence-corrected chi connectivity index (χ1v) is 8.68. The fraction of sp³-hybridized carbons (Fsp3) is 0.611. The summed E-state index contributed by atoms with van der Waals surface area (Å²) in [4.78, 5) is 25.4. The van der Waals surface area contributed by atoms with Crippen LogP contribution in [-0.4, -0.2) is 42.0 Å². The van der Waals surface area contributed by atoms with Crippen molar-refractivity contribution in [2.45, 2.75) is 44.9 Å².